The number of amides is 2. The Hall–Kier alpha value is -2.60. The van der Waals surface area contributed by atoms with E-state index in [1.165, 1.54) is 17.0 Å². The van der Waals surface area contributed by atoms with Crippen molar-refractivity contribution in [2.45, 2.75) is 11.7 Å². The van der Waals surface area contributed by atoms with Gasteiger partial charge in [-0.1, -0.05) is 42.1 Å². The number of imide groups is 1. The van der Waals surface area contributed by atoms with Gasteiger partial charge in [-0.25, -0.2) is 9.69 Å². The van der Waals surface area contributed by atoms with Crippen LogP contribution in [0.2, 0.25) is 0 Å². The molecule has 5 nitrogen and oxygen atoms in total. The van der Waals surface area contributed by atoms with Crippen molar-refractivity contribution >= 4 is 34.6 Å². The number of para-hydroxylation sites is 1. The Balaban J connectivity index is 1.76. The third-order valence-electron chi connectivity index (χ3n) is 3.56. The fourth-order valence-corrected chi connectivity index (χ4v) is 3.42. The lowest BCUT2D eigenvalue weighted by Crippen LogP contribution is -2.32. The normalized spacial score (nSPS) is 17.6. The fourth-order valence-electron chi connectivity index (χ4n) is 2.39. The second kappa shape index (κ2) is 6.26. The van der Waals surface area contributed by atoms with E-state index < -0.39 is 11.2 Å². The highest BCUT2D eigenvalue weighted by atomic mass is 32.2. The van der Waals surface area contributed by atoms with Crippen LogP contribution < -0.4 is 4.90 Å². The van der Waals surface area contributed by atoms with E-state index in [0.717, 1.165) is 17.3 Å². The number of hydrogen-bond donors (Lipinski definition) is 1. The largest absolute Gasteiger partial charge is 0.478 e. The Bertz CT molecular complexity index is 758. The van der Waals surface area contributed by atoms with Crippen LogP contribution in [0.4, 0.5) is 10.5 Å². The molecule has 0 aliphatic carbocycles. The molecule has 0 aromatic heterocycles. The third-order valence-corrected chi connectivity index (χ3v) is 4.59. The molecule has 1 N–H and O–H groups in total. The van der Waals surface area contributed by atoms with Crippen molar-refractivity contribution in [3.8, 4) is 0 Å². The lowest BCUT2D eigenvalue weighted by molar-refractivity contribution is -0.117. The van der Waals surface area contributed by atoms with Crippen LogP contribution in [-0.4, -0.2) is 27.5 Å². The summed E-state index contributed by atoms with van der Waals surface area (Å²) in [4.78, 5) is 36.6. The van der Waals surface area contributed by atoms with Gasteiger partial charge in [-0.2, -0.15) is 0 Å². The Morgan fingerprint density at radius 3 is 2.30 bits per heavy atom. The number of carbonyl (C=O) groups excluding carboxylic acids is 2. The summed E-state index contributed by atoms with van der Waals surface area (Å²) in [6.07, 6.45) is 0.387. The molecule has 1 atom stereocenters. The molecule has 116 valence electrons. The molecule has 3 rings (SSSR count). The Kier molecular flexibility index (Phi) is 4.16. The molecule has 0 unspecified atom stereocenters. The van der Waals surface area contributed by atoms with Gasteiger partial charge in [-0.15, -0.1) is 0 Å². The molecule has 1 aliphatic heterocycles. The van der Waals surface area contributed by atoms with Gasteiger partial charge in [-0.05, 0) is 36.2 Å². The highest BCUT2D eigenvalue weighted by Gasteiger charge is 2.40. The third kappa shape index (κ3) is 3.12. The van der Waals surface area contributed by atoms with Crippen LogP contribution >= 0.6 is 11.8 Å². The summed E-state index contributed by atoms with van der Waals surface area (Å²) < 4.78 is 0. The molecular weight excluding hydrogens is 314 g/mol. The second-order valence-corrected chi connectivity index (χ2v) is 6.24. The van der Waals surface area contributed by atoms with Crippen LogP contribution in [-0.2, 0) is 11.2 Å². The van der Waals surface area contributed by atoms with Gasteiger partial charge in [0, 0.05) is 0 Å². The van der Waals surface area contributed by atoms with Crippen LogP contribution in [0, 0.1) is 0 Å². The quantitative estimate of drug-likeness (QED) is 0.933. The maximum Gasteiger partial charge on any atom is 0.335 e. The molecule has 0 bridgehead atoms. The van der Waals surface area contributed by atoms with Crippen molar-refractivity contribution in [2.24, 2.45) is 0 Å². The zero-order valence-electron chi connectivity index (χ0n) is 12.0. The van der Waals surface area contributed by atoms with Crippen LogP contribution in [0.1, 0.15) is 15.9 Å². The van der Waals surface area contributed by atoms with Crippen molar-refractivity contribution in [3.63, 3.8) is 0 Å². The topological polar surface area (TPSA) is 74.7 Å². The van der Waals surface area contributed by atoms with Crippen molar-refractivity contribution < 1.29 is 19.5 Å². The minimum absolute atomic E-state index is 0.196. The summed E-state index contributed by atoms with van der Waals surface area (Å²) in [5.41, 5.74) is 1.59. The van der Waals surface area contributed by atoms with Crippen molar-refractivity contribution in [1.29, 1.82) is 0 Å². The first-order chi connectivity index (χ1) is 11.1. The monoisotopic (exact) mass is 327 g/mol. The summed E-state index contributed by atoms with van der Waals surface area (Å²) in [5, 5.41) is 8.12. The summed E-state index contributed by atoms with van der Waals surface area (Å²) in [6.45, 7) is 0. The molecule has 0 spiro atoms. The van der Waals surface area contributed by atoms with E-state index in [4.69, 9.17) is 5.11 Å². The Morgan fingerprint density at radius 2 is 1.70 bits per heavy atom. The number of hydrogen-bond acceptors (Lipinski definition) is 4. The predicted octanol–water partition coefficient (Wildman–Crippen LogP) is 3.20. The number of anilines is 1. The van der Waals surface area contributed by atoms with Gasteiger partial charge in [0.15, 0.2) is 0 Å². The summed E-state index contributed by atoms with van der Waals surface area (Å²) >= 11 is 1.00. The molecular formula is C17H13NO4S. The zero-order valence-corrected chi connectivity index (χ0v) is 12.8. The highest BCUT2D eigenvalue weighted by Crippen LogP contribution is 2.33. The van der Waals surface area contributed by atoms with Crippen molar-refractivity contribution in [1.82, 2.24) is 0 Å². The van der Waals surface area contributed by atoms with Gasteiger partial charge >= 0.3 is 5.97 Å². The van der Waals surface area contributed by atoms with Gasteiger partial charge in [0.25, 0.3) is 5.24 Å². The maximum atomic E-state index is 12.5. The van der Waals surface area contributed by atoms with E-state index in [1.807, 2.05) is 6.07 Å². The average molecular weight is 327 g/mol. The first kappa shape index (κ1) is 15.3. The summed E-state index contributed by atoms with van der Waals surface area (Å²) in [6, 6.07) is 15.2. The molecule has 0 radical (unpaired) electrons. The van der Waals surface area contributed by atoms with Gasteiger partial charge < -0.3 is 5.11 Å². The molecule has 6 heteroatoms. The number of carbonyl (C=O) groups is 3. The molecule has 1 saturated heterocycles. The zero-order chi connectivity index (χ0) is 16.4. The fraction of sp³-hybridized carbons (Fsp3) is 0.118. The van der Waals surface area contributed by atoms with E-state index in [-0.39, 0.29) is 16.7 Å². The molecule has 23 heavy (non-hydrogen) atoms. The number of carboxylic acid groups (broad SMARTS) is 1. The SMILES string of the molecule is O=C(O)c1ccc(C[C@H]2SC(=O)N(c3ccccc3)C2=O)cc1. The number of aromatic carboxylic acids is 1. The second-order valence-electron chi connectivity index (χ2n) is 5.09. The minimum atomic E-state index is -0.992. The molecule has 0 saturated carbocycles. The molecule has 1 heterocycles. The highest BCUT2D eigenvalue weighted by molar-refractivity contribution is 8.15. The lowest BCUT2D eigenvalue weighted by Gasteiger charge is -2.13. The standard InChI is InChI=1S/C17H13NO4S/c19-15-14(10-11-6-8-12(9-7-11)16(20)21)23-17(22)18(15)13-4-2-1-3-5-13/h1-9,14H,10H2,(H,20,21)/t14-/m1/s1. The Labute approximate surface area is 136 Å². The number of rotatable bonds is 4. The predicted molar refractivity (Wildman–Crippen MR) is 87.8 cm³/mol. The summed E-state index contributed by atoms with van der Waals surface area (Å²) in [7, 11) is 0. The first-order valence-electron chi connectivity index (χ1n) is 6.98. The molecule has 2 aromatic rings. The smallest absolute Gasteiger partial charge is 0.335 e. The van der Waals surface area contributed by atoms with E-state index in [1.54, 1.807) is 36.4 Å². The lowest BCUT2D eigenvalue weighted by atomic mass is 10.1. The maximum absolute atomic E-state index is 12.5. The molecule has 2 aromatic carbocycles. The van der Waals surface area contributed by atoms with Crippen LogP contribution in [0.3, 0.4) is 0 Å². The van der Waals surface area contributed by atoms with E-state index >= 15 is 0 Å². The molecule has 1 aliphatic rings. The number of carboxylic acids is 1. The first-order valence-corrected chi connectivity index (χ1v) is 7.86. The van der Waals surface area contributed by atoms with Crippen LogP contribution in [0.5, 0.6) is 0 Å². The van der Waals surface area contributed by atoms with Crippen LogP contribution in [0.15, 0.2) is 54.6 Å². The van der Waals surface area contributed by atoms with Gasteiger partial charge in [0.1, 0.15) is 0 Å². The van der Waals surface area contributed by atoms with Crippen molar-refractivity contribution in [3.05, 3.63) is 65.7 Å². The van der Waals surface area contributed by atoms with E-state index in [2.05, 4.69) is 0 Å². The minimum Gasteiger partial charge on any atom is -0.478 e. The average Bonchev–Trinajstić information content (AvgIpc) is 2.82. The molecule has 2 amide bonds. The number of nitrogens with zero attached hydrogens (tertiary/aromatic N) is 1. The van der Waals surface area contributed by atoms with E-state index in [0.29, 0.717) is 12.1 Å². The van der Waals surface area contributed by atoms with Crippen molar-refractivity contribution in [2.75, 3.05) is 4.90 Å². The van der Waals surface area contributed by atoms with Gasteiger partial charge in [0.05, 0.1) is 16.5 Å². The van der Waals surface area contributed by atoms with Gasteiger partial charge in [0.2, 0.25) is 5.91 Å². The Morgan fingerprint density at radius 1 is 1.04 bits per heavy atom. The van der Waals surface area contributed by atoms with Crippen LogP contribution in [0.25, 0.3) is 0 Å². The van der Waals surface area contributed by atoms with E-state index in [9.17, 15) is 14.4 Å². The molecule has 1 fully saturated rings. The summed E-state index contributed by atoms with van der Waals surface area (Å²) in [5.74, 6) is -1.23. The van der Waals surface area contributed by atoms with Gasteiger partial charge in [-0.3, -0.25) is 9.59 Å². The number of thioether (sulfide) groups is 1. The number of benzene rings is 2.